The van der Waals surface area contributed by atoms with Gasteiger partial charge in [0.05, 0.1) is 0 Å². The van der Waals surface area contributed by atoms with Crippen molar-refractivity contribution in [1.82, 2.24) is 0 Å². The van der Waals surface area contributed by atoms with Gasteiger partial charge in [0.1, 0.15) is 11.9 Å². The Labute approximate surface area is 169 Å². The van der Waals surface area contributed by atoms with Crippen LogP contribution >= 0.6 is 0 Å². The maximum atomic E-state index is 6.29. The van der Waals surface area contributed by atoms with Crippen molar-refractivity contribution in [3.63, 3.8) is 0 Å². The van der Waals surface area contributed by atoms with Crippen LogP contribution in [0.1, 0.15) is 22.8 Å². The smallest absolute Gasteiger partial charge is 0.143 e. The number of halogens is 4. The molecule has 1 aliphatic heterocycles. The first-order valence-electron chi connectivity index (χ1n) is 8.16. The maximum absolute atomic E-state index is 6.29. The molecule has 3 aromatic carbocycles. The number of allylic oxidation sites excluding steroid dienone is 2. The molecule has 3 radical (unpaired) electrons. The van der Waals surface area contributed by atoms with Crippen LogP contribution in [0.4, 0.5) is 18.8 Å². The SMILES string of the molecule is C1=C(c2ccccc2)C=C(c2ccccc2)OC1c1ccccc1.F.F.F.F.[B]. The number of rotatable bonds is 3. The zero-order chi connectivity index (χ0) is 16.2. The van der Waals surface area contributed by atoms with Gasteiger partial charge in [-0.1, -0.05) is 91.0 Å². The summed E-state index contributed by atoms with van der Waals surface area (Å²) in [5.74, 6) is 0.908. The average Bonchev–Trinajstić information content (AvgIpc) is 2.70. The third-order valence-corrected chi connectivity index (χ3v) is 4.16. The minimum atomic E-state index is -0.0818. The van der Waals surface area contributed by atoms with E-state index in [1.54, 1.807) is 0 Å². The van der Waals surface area contributed by atoms with Crippen LogP contribution in [0.2, 0.25) is 0 Å². The lowest BCUT2D eigenvalue weighted by Crippen LogP contribution is -2.06. The summed E-state index contributed by atoms with van der Waals surface area (Å²) in [6, 6.07) is 31.1. The van der Waals surface area contributed by atoms with Crippen LogP contribution in [0.3, 0.4) is 0 Å². The molecule has 0 bridgehead atoms. The van der Waals surface area contributed by atoms with Gasteiger partial charge >= 0.3 is 0 Å². The minimum absolute atomic E-state index is 0. The molecule has 4 rings (SSSR count). The summed E-state index contributed by atoms with van der Waals surface area (Å²) >= 11 is 0. The van der Waals surface area contributed by atoms with Gasteiger partial charge in [-0.3, -0.25) is 18.8 Å². The van der Waals surface area contributed by atoms with Gasteiger partial charge in [-0.15, -0.1) is 0 Å². The summed E-state index contributed by atoms with van der Waals surface area (Å²) in [4.78, 5) is 0. The highest BCUT2D eigenvalue weighted by atomic mass is 19.0. The molecule has 0 amide bonds. The van der Waals surface area contributed by atoms with Crippen LogP contribution in [0.5, 0.6) is 0 Å². The van der Waals surface area contributed by atoms with Crippen LogP contribution in [0.15, 0.2) is 103 Å². The minimum Gasteiger partial charge on any atom is -0.481 e. The summed E-state index contributed by atoms with van der Waals surface area (Å²) in [5, 5.41) is 0. The van der Waals surface area contributed by atoms with E-state index in [0.29, 0.717) is 0 Å². The molecule has 1 unspecified atom stereocenters. The summed E-state index contributed by atoms with van der Waals surface area (Å²) in [7, 11) is 0. The zero-order valence-electron chi connectivity index (χ0n) is 15.5. The van der Waals surface area contributed by atoms with Crippen molar-refractivity contribution in [2.24, 2.45) is 0 Å². The lowest BCUT2D eigenvalue weighted by Gasteiger charge is -2.24. The van der Waals surface area contributed by atoms with E-state index in [1.165, 1.54) is 11.1 Å². The van der Waals surface area contributed by atoms with E-state index in [1.807, 2.05) is 30.3 Å². The molecular formula is C23H22BF4O. The Balaban J connectivity index is 0. The predicted molar refractivity (Wildman–Crippen MR) is 115 cm³/mol. The molecule has 6 heteroatoms. The van der Waals surface area contributed by atoms with Crippen LogP contribution in [-0.2, 0) is 4.74 Å². The number of ether oxygens (including phenoxy) is 1. The van der Waals surface area contributed by atoms with Crippen molar-refractivity contribution in [3.05, 3.63) is 120 Å². The van der Waals surface area contributed by atoms with E-state index >= 15 is 0 Å². The Morgan fingerprint density at radius 3 is 1.52 bits per heavy atom. The van der Waals surface area contributed by atoms with Gasteiger partial charge < -0.3 is 4.74 Å². The van der Waals surface area contributed by atoms with Crippen LogP contribution < -0.4 is 0 Å². The fourth-order valence-electron chi connectivity index (χ4n) is 2.93. The molecule has 151 valence electrons. The summed E-state index contributed by atoms with van der Waals surface area (Å²) in [6.07, 6.45) is 4.24. The van der Waals surface area contributed by atoms with Crippen molar-refractivity contribution < 1.29 is 23.6 Å². The van der Waals surface area contributed by atoms with Crippen molar-refractivity contribution >= 4 is 19.7 Å². The highest BCUT2D eigenvalue weighted by Crippen LogP contribution is 2.36. The molecule has 1 nitrogen and oxygen atoms in total. The first kappa shape index (κ1) is 27.9. The van der Waals surface area contributed by atoms with Crippen molar-refractivity contribution in [3.8, 4) is 0 Å². The Morgan fingerprint density at radius 2 is 1.00 bits per heavy atom. The molecule has 0 fully saturated rings. The van der Waals surface area contributed by atoms with Crippen molar-refractivity contribution in [2.75, 3.05) is 0 Å². The van der Waals surface area contributed by atoms with Crippen LogP contribution in [0, 0.1) is 0 Å². The van der Waals surface area contributed by atoms with Gasteiger partial charge in [-0.25, -0.2) is 0 Å². The maximum Gasteiger partial charge on any atom is 0.143 e. The largest absolute Gasteiger partial charge is 0.481 e. The third kappa shape index (κ3) is 6.38. The monoisotopic (exact) mass is 401 g/mol. The second-order valence-electron chi connectivity index (χ2n) is 5.81. The van der Waals surface area contributed by atoms with Crippen LogP contribution in [-0.4, -0.2) is 8.41 Å². The Hall–Kier alpha value is -3.28. The fourth-order valence-corrected chi connectivity index (χ4v) is 2.93. The van der Waals surface area contributed by atoms with Crippen molar-refractivity contribution in [2.45, 2.75) is 6.10 Å². The second-order valence-corrected chi connectivity index (χ2v) is 5.81. The summed E-state index contributed by atoms with van der Waals surface area (Å²) in [5.41, 5.74) is 4.65. The molecule has 0 aliphatic carbocycles. The Morgan fingerprint density at radius 1 is 0.552 bits per heavy atom. The van der Waals surface area contributed by atoms with Gasteiger partial charge in [-0.2, -0.15) is 0 Å². The first-order valence-corrected chi connectivity index (χ1v) is 8.16. The molecule has 1 heterocycles. The molecule has 3 aromatic rings. The molecule has 0 spiro atoms. The topological polar surface area (TPSA) is 9.23 Å². The van der Waals surface area contributed by atoms with Crippen LogP contribution in [0.25, 0.3) is 11.3 Å². The number of hydrogen-bond donors (Lipinski definition) is 0. The van der Waals surface area contributed by atoms with E-state index in [2.05, 4.69) is 72.8 Å². The molecule has 0 aromatic heterocycles. The van der Waals surface area contributed by atoms with Crippen molar-refractivity contribution in [1.29, 1.82) is 0 Å². The van der Waals surface area contributed by atoms with Gasteiger partial charge in [0.15, 0.2) is 0 Å². The Kier molecular flexibility index (Phi) is 12.5. The molecule has 0 saturated heterocycles. The zero-order valence-corrected chi connectivity index (χ0v) is 15.5. The predicted octanol–water partition coefficient (Wildman–Crippen LogP) is 6.11. The highest BCUT2D eigenvalue weighted by Gasteiger charge is 2.19. The standard InChI is InChI=1S/C23H18O.B.4FH/c1-4-10-18(11-5-1)21-16-22(19-12-6-2-7-13-19)24-23(17-21)20-14-8-3-9-15-20;;;;;/h1-17,22H;;4*1H. The number of benzene rings is 3. The summed E-state index contributed by atoms with van der Waals surface area (Å²) in [6.45, 7) is 0. The molecular weight excluding hydrogens is 379 g/mol. The van der Waals surface area contributed by atoms with E-state index in [0.717, 1.165) is 16.9 Å². The number of hydrogen-bond acceptors (Lipinski definition) is 1. The highest BCUT2D eigenvalue weighted by molar-refractivity contribution is 5.84. The van der Waals surface area contributed by atoms with E-state index in [4.69, 9.17) is 4.74 Å². The molecule has 0 N–H and O–H groups in total. The fraction of sp³-hybridized carbons (Fsp3) is 0.0435. The first-order chi connectivity index (χ1) is 11.9. The third-order valence-electron chi connectivity index (χ3n) is 4.16. The Bertz CT molecular complexity index is 885. The lowest BCUT2D eigenvalue weighted by atomic mass is 9.97. The average molecular weight is 401 g/mol. The van der Waals surface area contributed by atoms with E-state index < -0.39 is 0 Å². The van der Waals surface area contributed by atoms with Gasteiger partial charge in [0.2, 0.25) is 0 Å². The quantitative estimate of drug-likeness (QED) is 0.380. The van der Waals surface area contributed by atoms with E-state index in [9.17, 15) is 0 Å². The summed E-state index contributed by atoms with van der Waals surface area (Å²) < 4.78 is 6.29. The molecule has 0 saturated carbocycles. The molecule has 29 heavy (non-hydrogen) atoms. The van der Waals surface area contributed by atoms with Gasteiger partial charge in [-0.05, 0) is 28.9 Å². The molecule has 1 aliphatic rings. The van der Waals surface area contributed by atoms with E-state index in [-0.39, 0.29) is 33.3 Å². The van der Waals surface area contributed by atoms with Gasteiger partial charge in [0, 0.05) is 14.0 Å². The normalized spacial score (nSPS) is 13.9. The molecule has 1 atom stereocenters. The lowest BCUT2D eigenvalue weighted by molar-refractivity contribution is 0.213. The second kappa shape index (κ2) is 13.0. The van der Waals surface area contributed by atoms with Gasteiger partial charge in [0.25, 0.3) is 0 Å².